The molecule has 30 heavy (non-hydrogen) atoms. The number of aromatic nitrogens is 1. The largest absolute Gasteiger partial charge is 0.326 e. The summed E-state index contributed by atoms with van der Waals surface area (Å²) in [5.74, 6) is 0.723. The molecule has 2 fully saturated rings. The predicted molar refractivity (Wildman–Crippen MR) is 118 cm³/mol. The minimum absolute atomic E-state index is 0.143. The number of halogens is 2. The van der Waals surface area contributed by atoms with E-state index in [0.29, 0.717) is 16.9 Å². The van der Waals surface area contributed by atoms with Crippen LogP contribution in [0.25, 0.3) is 10.9 Å². The standard InChI is InChI=1S/C25H24ClFN2O/c26-18-5-8-20(9-6-18)29-24(30)25(12-13-25)17-3-1-16(2-4-17)21-11-14-28-23-10-7-19(27)15-22(21)23/h5-11,14-17H,1-4,12-13H2,(H,29,30)/t16-,17+. The fraction of sp³-hybridized carbons (Fsp3) is 0.360. The molecule has 0 spiro atoms. The van der Waals surface area contributed by atoms with Gasteiger partial charge in [-0.3, -0.25) is 9.78 Å². The Labute approximate surface area is 180 Å². The van der Waals surface area contributed by atoms with Gasteiger partial charge in [-0.15, -0.1) is 0 Å². The molecular weight excluding hydrogens is 399 g/mol. The van der Waals surface area contributed by atoms with Crippen LogP contribution < -0.4 is 5.32 Å². The number of hydrogen-bond donors (Lipinski definition) is 1. The zero-order valence-corrected chi connectivity index (χ0v) is 17.5. The first kappa shape index (κ1) is 19.5. The second kappa shape index (κ2) is 7.66. The number of anilines is 1. The maximum atomic E-state index is 13.8. The number of hydrogen-bond acceptors (Lipinski definition) is 2. The van der Waals surface area contributed by atoms with Crippen molar-refractivity contribution in [1.82, 2.24) is 4.98 Å². The van der Waals surface area contributed by atoms with Gasteiger partial charge in [0.1, 0.15) is 5.82 Å². The van der Waals surface area contributed by atoms with Gasteiger partial charge in [-0.2, -0.15) is 0 Å². The quantitative estimate of drug-likeness (QED) is 0.507. The van der Waals surface area contributed by atoms with Gasteiger partial charge in [0.15, 0.2) is 0 Å². The van der Waals surface area contributed by atoms with Gasteiger partial charge in [0.25, 0.3) is 0 Å². The highest BCUT2D eigenvalue weighted by atomic mass is 35.5. The second-order valence-corrected chi connectivity index (χ2v) is 9.16. The Morgan fingerprint density at radius 2 is 1.77 bits per heavy atom. The highest BCUT2D eigenvalue weighted by Gasteiger charge is 2.55. The van der Waals surface area contributed by atoms with Gasteiger partial charge >= 0.3 is 0 Å². The summed E-state index contributed by atoms with van der Waals surface area (Å²) in [5.41, 5.74) is 2.61. The third-order valence-corrected chi connectivity index (χ3v) is 7.28. The number of benzene rings is 2. The first-order valence-electron chi connectivity index (χ1n) is 10.7. The molecule has 0 aliphatic heterocycles. The van der Waals surface area contributed by atoms with Gasteiger partial charge in [-0.1, -0.05) is 11.6 Å². The lowest BCUT2D eigenvalue weighted by Crippen LogP contribution is -2.33. The molecule has 2 aromatic carbocycles. The Bertz CT molecular complexity index is 1090. The van der Waals surface area contributed by atoms with Crippen molar-refractivity contribution in [3.63, 3.8) is 0 Å². The lowest BCUT2D eigenvalue weighted by molar-refractivity contribution is -0.123. The predicted octanol–water partition coefficient (Wildman–Crippen LogP) is 6.72. The van der Waals surface area contributed by atoms with E-state index in [1.165, 1.54) is 11.6 Å². The summed E-state index contributed by atoms with van der Waals surface area (Å²) < 4.78 is 13.8. The Morgan fingerprint density at radius 3 is 2.47 bits per heavy atom. The number of carbonyl (C=O) groups is 1. The molecule has 154 valence electrons. The summed E-state index contributed by atoms with van der Waals surface area (Å²) in [7, 11) is 0. The van der Waals surface area contributed by atoms with Gasteiger partial charge in [0.2, 0.25) is 5.91 Å². The average Bonchev–Trinajstić information content (AvgIpc) is 3.57. The summed E-state index contributed by atoms with van der Waals surface area (Å²) in [6, 6.07) is 14.1. The lowest BCUT2D eigenvalue weighted by atomic mass is 9.71. The van der Waals surface area contributed by atoms with Crippen LogP contribution in [-0.2, 0) is 4.79 Å². The molecule has 1 N–H and O–H groups in total. The molecule has 0 atom stereocenters. The topological polar surface area (TPSA) is 42.0 Å². The first-order valence-corrected chi connectivity index (χ1v) is 11.0. The molecule has 3 aromatic rings. The summed E-state index contributed by atoms with van der Waals surface area (Å²) >= 11 is 5.94. The average molecular weight is 423 g/mol. The molecule has 3 nitrogen and oxygen atoms in total. The molecule has 1 aromatic heterocycles. The highest BCUT2D eigenvalue weighted by molar-refractivity contribution is 6.30. The van der Waals surface area contributed by atoms with E-state index in [0.717, 1.165) is 55.1 Å². The molecular formula is C25H24ClFN2O. The van der Waals surface area contributed by atoms with Crippen molar-refractivity contribution >= 4 is 34.1 Å². The summed E-state index contributed by atoms with van der Waals surface area (Å²) in [4.78, 5) is 17.4. The van der Waals surface area contributed by atoms with Gasteiger partial charge in [0.05, 0.1) is 10.9 Å². The van der Waals surface area contributed by atoms with E-state index in [4.69, 9.17) is 11.6 Å². The van der Waals surface area contributed by atoms with Gasteiger partial charge in [-0.25, -0.2) is 4.39 Å². The number of amides is 1. The Hall–Kier alpha value is -2.46. The van der Waals surface area contributed by atoms with Crippen LogP contribution in [-0.4, -0.2) is 10.9 Å². The van der Waals surface area contributed by atoms with Crippen molar-refractivity contribution in [2.24, 2.45) is 11.3 Å². The van der Waals surface area contributed by atoms with Crippen LogP contribution >= 0.6 is 11.6 Å². The van der Waals surface area contributed by atoms with Crippen LogP contribution in [0.5, 0.6) is 0 Å². The Kier molecular flexibility index (Phi) is 4.98. The van der Waals surface area contributed by atoms with Crippen LogP contribution in [0, 0.1) is 17.2 Å². The maximum absolute atomic E-state index is 13.8. The first-order chi connectivity index (χ1) is 14.5. The van der Waals surface area contributed by atoms with E-state index in [9.17, 15) is 9.18 Å². The number of fused-ring (bicyclic) bond motifs is 1. The van der Waals surface area contributed by atoms with E-state index in [2.05, 4.69) is 10.3 Å². The smallest absolute Gasteiger partial charge is 0.230 e. The second-order valence-electron chi connectivity index (χ2n) is 8.73. The third kappa shape index (κ3) is 3.58. The zero-order valence-electron chi connectivity index (χ0n) is 16.7. The van der Waals surface area contributed by atoms with E-state index in [1.54, 1.807) is 24.3 Å². The number of nitrogens with one attached hydrogen (secondary N) is 1. The molecule has 0 bridgehead atoms. The van der Waals surface area contributed by atoms with Gasteiger partial charge < -0.3 is 5.32 Å². The summed E-state index contributed by atoms with van der Waals surface area (Å²) in [6.07, 6.45) is 7.85. The Morgan fingerprint density at radius 1 is 1.03 bits per heavy atom. The molecule has 0 saturated heterocycles. The van der Waals surface area contributed by atoms with Crippen LogP contribution in [0.1, 0.15) is 50.0 Å². The number of pyridine rings is 1. The van der Waals surface area contributed by atoms with Gasteiger partial charge in [-0.05, 0) is 104 Å². The molecule has 0 unspecified atom stereocenters. The molecule has 2 aliphatic carbocycles. The van der Waals surface area contributed by atoms with E-state index in [1.807, 2.05) is 24.4 Å². The summed E-state index contributed by atoms with van der Waals surface area (Å²) in [6.45, 7) is 0. The van der Waals surface area contributed by atoms with Crippen molar-refractivity contribution in [2.45, 2.75) is 44.4 Å². The van der Waals surface area contributed by atoms with E-state index in [-0.39, 0.29) is 17.1 Å². The van der Waals surface area contributed by atoms with Crippen LogP contribution in [0.2, 0.25) is 5.02 Å². The molecule has 5 rings (SSSR count). The molecule has 1 heterocycles. The minimum atomic E-state index is -0.225. The fourth-order valence-electron chi connectivity index (χ4n) is 5.20. The van der Waals surface area contributed by atoms with Crippen molar-refractivity contribution in [1.29, 1.82) is 0 Å². The maximum Gasteiger partial charge on any atom is 0.230 e. The zero-order chi connectivity index (χ0) is 20.7. The SMILES string of the molecule is O=C(Nc1ccc(Cl)cc1)C1([C@H]2CC[C@@H](c3ccnc4ccc(F)cc43)CC2)CC1. The highest BCUT2D eigenvalue weighted by Crippen LogP contribution is 2.58. The molecule has 5 heteroatoms. The lowest BCUT2D eigenvalue weighted by Gasteiger charge is -2.34. The number of nitrogens with zero attached hydrogens (tertiary/aromatic N) is 1. The van der Waals surface area contributed by atoms with Crippen molar-refractivity contribution in [3.8, 4) is 0 Å². The summed E-state index contributed by atoms with van der Waals surface area (Å²) in [5, 5.41) is 4.68. The van der Waals surface area contributed by atoms with Crippen molar-refractivity contribution in [3.05, 3.63) is 71.1 Å². The van der Waals surface area contributed by atoms with Gasteiger partial charge in [0, 0.05) is 22.3 Å². The molecule has 0 radical (unpaired) electrons. The van der Waals surface area contributed by atoms with E-state index >= 15 is 0 Å². The molecule has 1 amide bonds. The minimum Gasteiger partial charge on any atom is -0.326 e. The monoisotopic (exact) mass is 422 g/mol. The van der Waals surface area contributed by atoms with Crippen LogP contribution in [0.3, 0.4) is 0 Å². The molecule has 2 aliphatic rings. The van der Waals surface area contributed by atoms with Crippen molar-refractivity contribution < 1.29 is 9.18 Å². The fourth-order valence-corrected chi connectivity index (χ4v) is 5.32. The molecule has 2 saturated carbocycles. The van der Waals surface area contributed by atoms with Crippen LogP contribution in [0.4, 0.5) is 10.1 Å². The normalized spacial score (nSPS) is 22.6. The number of carbonyl (C=O) groups excluding carboxylic acids is 1. The number of rotatable bonds is 4. The van der Waals surface area contributed by atoms with Crippen molar-refractivity contribution in [2.75, 3.05) is 5.32 Å². The van der Waals surface area contributed by atoms with E-state index < -0.39 is 0 Å². The third-order valence-electron chi connectivity index (χ3n) is 7.03. The Balaban J connectivity index is 1.28. The van der Waals surface area contributed by atoms with Crippen LogP contribution in [0.15, 0.2) is 54.7 Å².